The fourth-order valence-corrected chi connectivity index (χ4v) is 1.90. The van der Waals surface area contributed by atoms with E-state index in [1.807, 2.05) is 0 Å². The summed E-state index contributed by atoms with van der Waals surface area (Å²) in [6, 6.07) is 12.2. The quantitative estimate of drug-likeness (QED) is 0.800. The number of nitrogens with one attached hydrogen (secondary N) is 2. The van der Waals surface area contributed by atoms with Gasteiger partial charge in [-0.3, -0.25) is 9.59 Å². The molecular formula is C18H15FN2O3. The minimum Gasteiger partial charge on any atom is -0.483 e. The molecule has 24 heavy (non-hydrogen) atoms. The molecule has 0 aliphatic rings. The predicted molar refractivity (Wildman–Crippen MR) is 88.1 cm³/mol. The highest BCUT2D eigenvalue weighted by atomic mass is 19.1. The molecule has 5 nitrogen and oxygen atoms in total. The lowest BCUT2D eigenvalue weighted by molar-refractivity contribution is -0.118. The van der Waals surface area contributed by atoms with Gasteiger partial charge in [0.1, 0.15) is 11.6 Å². The fraction of sp³-hybridized carbons (Fsp3) is 0.111. The molecule has 0 fully saturated rings. The molecule has 0 aliphatic heterocycles. The van der Waals surface area contributed by atoms with Crippen molar-refractivity contribution in [2.24, 2.45) is 0 Å². The maximum Gasteiger partial charge on any atom is 0.262 e. The Bertz CT molecular complexity index is 784. The Balaban J connectivity index is 1.99. The van der Waals surface area contributed by atoms with Gasteiger partial charge in [0.2, 0.25) is 0 Å². The largest absolute Gasteiger partial charge is 0.483 e. The molecule has 0 aromatic heterocycles. The fourth-order valence-electron chi connectivity index (χ4n) is 1.90. The van der Waals surface area contributed by atoms with E-state index in [4.69, 9.17) is 11.2 Å². The number of halogens is 1. The number of terminal acetylenes is 1. The summed E-state index contributed by atoms with van der Waals surface area (Å²) in [5.41, 5.74) is 0.317. The van der Waals surface area contributed by atoms with Crippen LogP contribution in [0.2, 0.25) is 0 Å². The zero-order chi connectivity index (χ0) is 17.4. The van der Waals surface area contributed by atoms with Gasteiger partial charge >= 0.3 is 0 Å². The highest BCUT2D eigenvalue weighted by molar-refractivity contribution is 5.97. The topological polar surface area (TPSA) is 67.4 Å². The van der Waals surface area contributed by atoms with Crippen molar-refractivity contribution in [1.29, 1.82) is 0 Å². The molecule has 0 spiro atoms. The monoisotopic (exact) mass is 326 g/mol. The van der Waals surface area contributed by atoms with E-state index in [1.54, 1.807) is 30.3 Å². The van der Waals surface area contributed by atoms with Crippen molar-refractivity contribution >= 4 is 17.5 Å². The number of anilines is 1. The van der Waals surface area contributed by atoms with Gasteiger partial charge in [-0.25, -0.2) is 4.39 Å². The number of rotatable bonds is 6. The molecule has 122 valence electrons. The lowest BCUT2D eigenvalue weighted by atomic mass is 10.2. The van der Waals surface area contributed by atoms with Gasteiger partial charge in [-0.15, -0.1) is 6.42 Å². The molecular weight excluding hydrogens is 311 g/mol. The van der Waals surface area contributed by atoms with Crippen molar-refractivity contribution in [2.75, 3.05) is 18.5 Å². The Labute approximate surface area is 138 Å². The maximum absolute atomic E-state index is 13.5. The lowest BCUT2D eigenvalue weighted by Crippen LogP contribution is -2.25. The average molecular weight is 326 g/mol. The van der Waals surface area contributed by atoms with Crippen LogP contribution in [0.25, 0.3) is 0 Å². The van der Waals surface area contributed by atoms with Crippen LogP contribution in [-0.4, -0.2) is 25.0 Å². The Morgan fingerprint density at radius 2 is 1.83 bits per heavy atom. The van der Waals surface area contributed by atoms with Gasteiger partial charge in [0.25, 0.3) is 11.8 Å². The Hall–Kier alpha value is -3.33. The van der Waals surface area contributed by atoms with E-state index >= 15 is 0 Å². The Morgan fingerprint density at radius 1 is 1.12 bits per heavy atom. The molecule has 2 N–H and O–H groups in total. The minimum absolute atomic E-state index is 0.0612. The summed E-state index contributed by atoms with van der Waals surface area (Å²) >= 11 is 0. The van der Waals surface area contributed by atoms with Gasteiger partial charge in [-0.2, -0.15) is 0 Å². The standard InChI is InChI=1S/C18H15FN2O3/c1-2-11-20-18(23)13-7-3-6-10-16(13)24-12-17(22)21-15-9-5-4-8-14(15)19/h1,3-10H,11-12H2,(H,20,23)(H,21,22). The summed E-state index contributed by atoms with van der Waals surface area (Å²) < 4.78 is 18.8. The van der Waals surface area contributed by atoms with Gasteiger partial charge in [0.15, 0.2) is 6.61 Å². The molecule has 0 saturated carbocycles. The first-order valence-corrected chi connectivity index (χ1v) is 7.09. The Morgan fingerprint density at radius 3 is 2.58 bits per heavy atom. The van der Waals surface area contributed by atoms with E-state index in [2.05, 4.69) is 16.6 Å². The van der Waals surface area contributed by atoms with E-state index in [0.29, 0.717) is 0 Å². The van der Waals surface area contributed by atoms with Crippen LogP contribution < -0.4 is 15.4 Å². The summed E-state index contributed by atoms with van der Waals surface area (Å²) in [4.78, 5) is 23.8. The second-order valence-corrected chi connectivity index (χ2v) is 4.70. The van der Waals surface area contributed by atoms with Gasteiger partial charge in [0.05, 0.1) is 17.8 Å². The van der Waals surface area contributed by atoms with Crippen LogP contribution in [0, 0.1) is 18.2 Å². The number of amides is 2. The van der Waals surface area contributed by atoms with Gasteiger partial charge < -0.3 is 15.4 Å². The van der Waals surface area contributed by atoms with Crippen LogP contribution in [0.1, 0.15) is 10.4 Å². The van der Waals surface area contributed by atoms with Gasteiger partial charge in [-0.1, -0.05) is 30.2 Å². The highest BCUT2D eigenvalue weighted by Gasteiger charge is 2.13. The van der Waals surface area contributed by atoms with E-state index < -0.39 is 17.6 Å². The number of hydrogen-bond donors (Lipinski definition) is 2. The smallest absolute Gasteiger partial charge is 0.262 e. The van der Waals surface area contributed by atoms with E-state index in [9.17, 15) is 14.0 Å². The molecule has 6 heteroatoms. The molecule has 2 aromatic rings. The normalized spacial score (nSPS) is 9.67. The number of ether oxygens (including phenoxy) is 1. The first-order chi connectivity index (χ1) is 11.6. The number of benzene rings is 2. The van der Waals surface area contributed by atoms with Crippen molar-refractivity contribution in [3.8, 4) is 18.1 Å². The van der Waals surface area contributed by atoms with Crippen molar-refractivity contribution in [1.82, 2.24) is 5.32 Å². The molecule has 0 bridgehead atoms. The van der Waals surface area contributed by atoms with Gasteiger partial charge in [0, 0.05) is 0 Å². The molecule has 2 aromatic carbocycles. The zero-order valence-corrected chi connectivity index (χ0v) is 12.7. The summed E-state index contributed by atoms with van der Waals surface area (Å²) in [5.74, 6) is 1.04. The summed E-state index contributed by atoms with van der Waals surface area (Å²) in [6.07, 6.45) is 5.10. The summed E-state index contributed by atoms with van der Waals surface area (Å²) in [6.45, 7) is -0.283. The molecule has 0 heterocycles. The van der Waals surface area contributed by atoms with Gasteiger partial charge in [-0.05, 0) is 24.3 Å². The molecule has 0 radical (unpaired) electrons. The average Bonchev–Trinajstić information content (AvgIpc) is 2.60. The molecule has 2 rings (SSSR count). The second kappa shape index (κ2) is 8.34. The van der Waals surface area contributed by atoms with Crippen LogP contribution in [-0.2, 0) is 4.79 Å². The van der Waals surface area contributed by atoms with Crippen LogP contribution in [0.5, 0.6) is 5.75 Å². The first kappa shape index (κ1) is 17.0. The van der Waals surface area contributed by atoms with Crippen LogP contribution in [0.4, 0.5) is 10.1 Å². The third-order valence-electron chi connectivity index (χ3n) is 2.99. The van der Waals surface area contributed by atoms with E-state index in [-0.39, 0.29) is 30.2 Å². The number of hydrogen-bond acceptors (Lipinski definition) is 3. The molecule has 0 atom stereocenters. The van der Waals surface area contributed by atoms with E-state index in [1.165, 1.54) is 18.2 Å². The summed E-state index contributed by atoms with van der Waals surface area (Å²) in [5, 5.41) is 4.92. The van der Waals surface area contributed by atoms with Crippen LogP contribution in [0.3, 0.4) is 0 Å². The zero-order valence-electron chi connectivity index (χ0n) is 12.7. The third-order valence-corrected chi connectivity index (χ3v) is 2.99. The third kappa shape index (κ3) is 4.58. The number of carbonyl (C=O) groups excluding carboxylic acids is 2. The number of para-hydroxylation sites is 2. The molecule has 0 aliphatic carbocycles. The lowest BCUT2D eigenvalue weighted by Gasteiger charge is -2.11. The van der Waals surface area contributed by atoms with Crippen LogP contribution >= 0.6 is 0 Å². The number of carbonyl (C=O) groups is 2. The van der Waals surface area contributed by atoms with Crippen molar-refractivity contribution in [2.45, 2.75) is 0 Å². The van der Waals surface area contributed by atoms with Crippen molar-refractivity contribution in [3.63, 3.8) is 0 Å². The van der Waals surface area contributed by atoms with Crippen molar-refractivity contribution < 1.29 is 18.7 Å². The highest BCUT2D eigenvalue weighted by Crippen LogP contribution is 2.18. The van der Waals surface area contributed by atoms with Crippen LogP contribution in [0.15, 0.2) is 48.5 Å². The molecule has 2 amide bonds. The Kier molecular flexibility index (Phi) is 5.92. The van der Waals surface area contributed by atoms with Crippen molar-refractivity contribution in [3.05, 3.63) is 59.9 Å². The second-order valence-electron chi connectivity index (χ2n) is 4.70. The first-order valence-electron chi connectivity index (χ1n) is 7.09. The SMILES string of the molecule is C#CCNC(=O)c1ccccc1OCC(=O)Nc1ccccc1F. The summed E-state index contributed by atoms with van der Waals surface area (Å²) in [7, 11) is 0. The predicted octanol–water partition coefficient (Wildman–Crippen LogP) is 2.21. The molecule has 0 unspecified atom stereocenters. The van der Waals surface area contributed by atoms with E-state index in [0.717, 1.165) is 0 Å². The molecule has 0 saturated heterocycles. The minimum atomic E-state index is -0.543. The maximum atomic E-state index is 13.5.